The van der Waals surface area contributed by atoms with Gasteiger partial charge in [0.25, 0.3) is 5.91 Å². The van der Waals surface area contributed by atoms with E-state index in [1.54, 1.807) is 18.2 Å². The number of halogens is 2. The van der Waals surface area contributed by atoms with Crippen LogP contribution in [0, 0.1) is 5.92 Å². The second-order valence-corrected chi connectivity index (χ2v) is 5.24. The maximum Gasteiger partial charge on any atom is 0.252 e. The molecule has 94 valence electrons. The van der Waals surface area contributed by atoms with Crippen molar-refractivity contribution < 1.29 is 9.90 Å². The van der Waals surface area contributed by atoms with Crippen molar-refractivity contribution in [3.8, 4) is 0 Å². The molecule has 0 saturated heterocycles. The third-order valence-electron chi connectivity index (χ3n) is 2.41. The van der Waals surface area contributed by atoms with Gasteiger partial charge in [0.1, 0.15) is 0 Å². The summed E-state index contributed by atoms with van der Waals surface area (Å²) in [6, 6.07) is 5.05. The molecule has 2 N–H and O–H groups in total. The fourth-order valence-corrected chi connectivity index (χ4v) is 2.22. The zero-order valence-electron chi connectivity index (χ0n) is 9.54. The summed E-state index contributed by atoms with van der Waals surface area (Å²) in [6.07, 6.45) is 0.683. The summed E-state index contributed by atoms with van der Waals surface area (Å²) in [7, 11) is 0. The van der Waals surface area contributed by atoms with Crippen molar-refractivity contribution >= 4 is 33.4 Å². The largest absolute Gasteiger partial charge is 0.396 e. The van der Waals surface area contributed by atoms with E-state index in [1.807, 2.05) is 6.92 Å². The van der Waals surface area contributed by atoms with Crippen LogP contribution in [0.1, 0.15) is 23.7 Å². The molecule has 17 heavy (non-hydrogen) atoms. The van der Waals surface area contributed by atoms with Crippen molar-refractivity contribution in [1.29, 1.82) is 0 Å². The van der Waals surface area contributed by atoms with E-state index in [1.165, 1.54) is 0 Å². The van der Waals surface area contributed by atoms with Crippen LogP contribution < -0.4 is 5.32 Å². The van der Waals surface area contributed by atoms with Crippen molar-refractivity contribution in [2.75, 3.05) is 13.2 Å². The number of benzene rings is 1. The van der Waals surface area contributed by atoms with E-state index >= 15 is 0 Å². The number of aliphatic hydroxyl groups is 1. The predicted octanol–water partition coefficient (Wildman–Crippen LogP) is 2.85. The summed E-state index contributed by atoms with van der Waals surface area (Å²) in [5.74, 6) is 0.119. The molecule has 0 bridgehead atoms. The number of hydrogen-bond acceptors (Lipinski definition) is 2. The standard InChI is InChI=1S/C12H15BrClNO2/c1-8(4-5-16)7-15-12(17)10-3-2-9(14)6-11(10)13/h2-3,6,8,16H,4-5,7H2,1H3,(H,15,17). The lowest BCUT2D eigenvalue weighted by atomic mass is 10.1. The van der Waals surface area contributed by atoms with Gasteiger partial charge in [0.05, 0.1) is 5.56 Å². The highest BCUT2D eigenvalue weighted by molar-refractivity contribution is 9.10. The average Bonchev–Trinajstić information content (AvgIpc) is 2.26. The molecular formula is C12H15BrClNO2. The Bertz CT molecular complexity index is 398. The maximum atomic E-state index is 11.8. The Morgan fingerprint density at radius 1 is 1.59 bits per heavy atom. The quantitative estimate of drug-likeness (QED) is 0.876. The Morgan fingerprint density at radius 2 is 2.29 bits per heavy atom. The summed E-state index contributed by atoms with van der Waals surface area (Å²) < 4.78 is 0.678. The lowest BCUT2D eigenvalue weighted by molar-refractivity contribution is 0.0944. The molecule has 1 unspecified atom stereocenters. The number of amides is 1. The SMILES string of the molecule is CC(CCO)CNC(=O)c1ccc(Cl)cc1Br. The van der Waals surface area contributed by atoms with Crippen molar-refractivity contribution in [2.24, 2.45) is 5.92 Å². The van der Waals surface area contributed by atoms with Crippen LogP contribution in [-0.2, 0) is 0 Å². The van der Waals surface area contributed by atoms with Crippen molar-refractivity contribution in [2.45, 2.75) is 13.3 Å². The number of rotatable bonds is 5. The number of carbonyl (C=O) groups excluding carboxylic acids is 1. The van der Waals surface area contributed by atoms with Crippen LogP contribution >= 0.6 is 27.5 Å². The Balaban J connectivity index is 2.58. The first kappa shape index (κ1) is 14.5. The zero-order valence-corrected chi connectivity index (χ0v) is 11.9. The van der Waals surface area contributed by atoms with Crippen molar-refractivity contribution in [1.82, 2.24) is 5.32 Å². The normalized spacial score (nSPS) is 12.2. The minimum Gasteiger partial charge on any atom is -0.396 e. The predicted molar refractivity (Wildman–Crippen MR) is 72.4 cm³/mol. The minimum absolute atomic E-state index is 0.140. The van der Waals surface area contributed by atoms with E-state index in [4.69, 9.17) is 16.7 Å². The monoisotopic (exact) mass is 319 g/mol. The Hall–Kier alpha value is -0.580. The van der Waals surface area contributed by atoms with E-state index < -0.39 is 0 Å². The fourth-order valence-electron chi connectivity index (χ4n) is 1.36. The molecule has 1 amide bonds. The van der Waals surface area contributed by atoms with Crippen molar-refractivity contribution in [3.05, 3.63) is 33.3 Å². The Kier molecular flexibility index (Phi) is 5.95. The van der Waals surface area contributed by atoms with Crippen LogP contribution in [0.2, 0.25) is 5.02 Å². The van der Waals surface area contributed by atoms with E-state index in [9.17, 15) is 4.79 Å². The Labute approximate surface area is 114 Å². The first-order chi connectivity index (χ1) is 8.04. The lowest BCUT2D eigenvalue weighted by Crippen LogP contribution is -2.28. The van der Waals surface area contributed by atoms with Crippen molar-refractivity contribution in [3.63, 3.8) is 0 Å². The molecule has 0 aliphatic heterocycles. The lowest BCUT2D eigenvalue weighted by Gasteiger charge is -2.11. The van der Waals surface area contributed by atoms with Gasteiger partial charge in [0.15, 0.2) is 0 Å². The summed E-state index contributed by atoms with van der Waals surface area (Å²) in [5.41, 5.74) is 0.561. The number of aliphatic hydroxyl groups excluding tert-OH is 1. The third-order valence-corrected chi connectivity index (χ3v) is 3.30. The molecule has 0 heterocycles. The first-order valence-corrected chi connectivity index (χ1v) is 6.55. The van der Waals surface area contributed by atoms with Gasteiger partial charge >= 0.3 is 0 Å². The van der Waals surface area contributed by atoms with Crippen LogP contribution in [-0.4, -0.2) is 24.2 Å². The zero-order chi connectivity index (χ0) is 12.8. The topological polar surface area (TPSA) is 49.3 Å². The molecule has 5 heteroatoms. The molecule has 0 aliphatic rings. The van der Waals surface area contributed by atoms with E-state index in [0.717, 1.165) is 0 Å². The van der Waals surface area contributed by atoms with E-state index in [0.29, 0.717) is 28.0 Å². The van der Waals surface area contributed by atoms with Gasteiger partial charge in [0.2, 0.25) is 0 Å². The molecular weight excluding hydrogens is 305 g/mol. The molecule has 1 atom stereocenters. The molecule has 0 saturated carbocycles. The maximum absolute atomic E-state index is 11.8. The third kappa shape index (κ3) is 4.66. The van der Waals surface area contributed by atoms with E-state index in [-0.39, 0.29) is 18.4 Å². The van der Waals surface area contributed by atoms with Crippen LogP contribution in [0.25, 0.3) is 0 Å². The molecule has 1 rings (SSSR count). The highest BCUT2D eigenvalue weighted by Gasteiger charge is 2.11. The first-order valence-electron chi connectivity index (χ1n) is 5.38. The van der Waals surface area contributed by atoms with Gasteiger partial charge in [0, 0.05) is 22.6 Å². The number of nitrogens with one attached hydrogen (secondary N) is 1. The molecule has 1 aromatic rings. The molecule has 0 spiro atoms. The summed E-state index contributed by atoms with van der Waals surface area (Å²) >= 11 is 9.10. The molecule has 0 fully saturated rings. The summed E-state index contributed by atoms with van der Waals surface area (Å²) in [4.78, 5) is 11.8. The molecule has 0 aromatic heterocycles. The van der Waals surface area contributed by atoms with Crippen LogP contribution in [0.5, 0.6) is 0 Å². The molecule has 0 aliphatic carbocycles. The smallest absolute Gasteiger partial charge is 0.252 e. The second-order valence-electron chi connectivity index (χ2n) is 3.95. The fraction of sp³-hybridized carbons (Fsp3) is 0.417. The van der Waals surface area contributed by atoms with Gasteiger partial charge in [-0.25, -0.2) is 0 Å². The van der Waals surface area contributed by atoms with Gasteiger partial charge in [-0.1, -0.05) is 18.5 Å². The number of carbonyl (C=O) groups is 1. The van der Waals surface area contributed by atoms with Gasteiger partial charge < -0.3 is 10.4 Å². The van der Waals surface area contributed by atoms with Gasteiger partial charge in [-0.2, -0.15) is 0 Å². The van der Waals surface area contributed by atoms with Crippen LogP contribution in [0.3, 0.4) is 0 Å². The second kappa shape index (κ2) is 6.99. The highest BCUT2D eigenvalue weighted by Crippen LogP contribution is 2.21. The molecule has 0 radical (unpaired) electrons. The number of hydrogen-bond donors (Lipinski definition) is 2. The average molecular weight is 321 g/mol. The van der Waals surface area contributed by atoms with Gasteiger partial charge in [-0.15, -0.1) is 0 Å². The van der Waals surface area contributed by atoms with Crippen LogP contribution in [0.4, 0.5) is 0 Å². The molecule has 3 nitrogen and oxygen atoms in total. The van der Waals surface area contributed by atoms with Gasteiger partial charge in [-0.05, 0) is 46.5 Å². The summed E-state index contributed by atoms with van der Waals surface area (Å²) in [5, 5.41) is 12.2. The van der Waals surface area contributed by atoms with E-state index in [2.05, 4.69) is 21.2 Å². The minimum atomic E-state index is -0.140. The Morgan fingerprint density at radius 3 is 2.88 bits per heavy atom. The summed E-state index contributed by atoms with van der Waals surface area (Å²) in [6.45, 7) is 2.67. The highest BCUT2D eigenvalue weighted by atomic mass is 79.9. The molecule has 1 aromatic carbocycles. The van der Waals surface area contributed by atoms with Gasteiger partial charge in [-0.3, -0.25) is 4.79 Å². The van der Waals surface area contributed by atoms with Crippen LogP contribution in [0.15, 0.2) is 22.7 Å².